The van der Waals surface area contributed by atoms with Crippen LogP contribution in [0.1, 0.15) is 38.2 Å². The molecule has 0 radical (unpaired) electrons. The molecule has 1 atom stereocenters. The molecule has 0 saturated carbocycles. The van der Waals surface area contributed by atoms with Gasteiger partial charge < -0.3 is 5.11 Å². The van der Waals surface area contributed by atoms with Crippen LogP contribution in [0.4, 0.5) is 8.78 Å². The van der Waals surface area contributed by atoms with Gasteiger partial charge in [-0.25, -0.2) is 18.4 Å². The van der Waals surface area contributed by atoms with Gasteiger partial charge >= 0.3 is 0 Å². The lowest BCUT2D eigenvalue weighted by Gasteiger charge is -2.29. The van der Waals surface area contributed by atoms with E-state index < -0.39 is 17.2 Å². The van der Waals surface area contributed by atoms with Crippen LogP contribution in [0.25, 0.3) is 0 Å². The van der Waals surface area contributed by atoms with Crippen molar-refractivity contribution < 1.29 is 13.9 Å². The smallest absolute Gasteiger partial charge is 0.137 e. The van der Waals surface area contributed by atoms with Crippen molar-refractivity contribution in [2.75, 3.05) is 0 Å². The monoisotopic (exact) mass is 295 g/mol. The van der Waals surface area contributed by atoms with E-state index in [0.29, 0.717) is 6.42 Å². The zero-order chi connectivity index (χ0) is 15.3. The Bertz CT molecular complexity index is 574. The van der Waals surface area contributed by atoms with Crippen molar-refractivity contribution in [3.05, 3.63) is 48.1 Å². The lowest BCUT2D eigenvalue weighted by molar-refractivity contribution is 0.000611. The van der Waals surface area contributed by atoms with Crippen LogP contribution in [0.3, 0.4) is 0 Å². The first-order valence-electron chi connectivity index (χ1n) is 7.05. The molecule has 1 heterocycles. The van der Waals surface area contributed by atoms with E-state index in [9.17, 15) is 13.9 Å². The van der Waals surface area contributed by atoms with Gasteiger partial charge in [0.2, 0.25) is 0 Å². The molecule has 1 N–H and O–H groups in total. The lowest BCUT2D eigenvalue weighted by atomic mass is 9.87. The van der Waals surface area contributed by atoms with Gasteiger partial charge in [0, 0.05) is 11.6 Å². The number of nitrogens with zero attached hydrogens (tertiary/aromatic N) is 3. The molecule has 1 aromatic heterocycles. The Balaban J connectivity index is 2.29. The van der Waals surface area contributed by atoms with Crippen LogP contribution in [0.5, 0.6) is 0 Å². The topological polar surface area (TPSA) is 50.9 Å². The third-order valence-electron chi connectivity index (χ3n) is 3.52. The van der Waals surface area contributed by atoms with Crippen LogP contribution in [-0.2, 0) is 12.1 Å². The van der Waals surface area contributed by atoms with Gasteiger partial charge in [-0.2, -0.15) is 5.10 Å². The minimum absolute atomic E-state index is 0.0826. The van der Waals surface area contributed by atoms with Gasteiger partial charge in [-0.3, -0.25) is 0 Å². The van der Waals surface area contributed by atoms with Crippen LogP contribution in [-0.4, -0.2) is 19.9 Å². The van der Waals surface area contributed by atoms with Crippen molar-refractivity contribution in [1.29, 1.82) is 0 Å². The molecule has 0 spiro atoms. The predicted molar refractivity (Wildman–Crippen MR) is 74.4 cm³/mol. The Morgan fingerprint density at radius 1 is 1.29 bits per heavy atom. The quantitative estimate of drug-likeness (QED) is 0.799. The Morgan fingerprint density at radius 3 is 2.71 bits per heavy atom. The highest BCUT2D eigenvalue weighted by Gasteiger charge is 2.32. The van der Waals surface area contributed by atoms with Crippen LogP contribution in [0, 0.1) is 11.6 Å². The third-order valence-corrected chi connectivity index (χ3v) is 3.52. The van der Waals surface area contributed by atoms with Crippen molar-refractivity contribution in [3.8, 4) is 0 Å². The van der Waals surface area contributed by atoms with Crippen LogP contribution >= 0.6 is 0 Å². The molecule has 1 unspecified atom stereocenters. The van der Waals surface area contributed by atoms with E-state index in [2.05, 4.69) is 17.0 Å². The largest absolute Gasteiger partial charge is 0.383 e. The van der Waals surface area contributed by atoms with E-state index >= 15 is 0 Å². The fourth-order valence-electron chi connectivity index (χ4n) is 2.42. The molecule has 0 amide bonds. The van der Waals surface area contributed by atoms with Crippen molar-refractivity contribution >= 4 is 0 Å². The summed E-state index contributed by atoms with van der Waals surface area (Å²) in [6.45, 7) is 2.13. The van der Waals surface area contributed by atoms with Gasteiger partial charge in [0.15, 0.2) is 0 Å². The van der Waals surface area contributed by atoms with E-state index in [1.165, 1.54) is 23.4 Å². The summed E-state index contributed by atoms with van der Waals surface area (Å²) in [6, 6.07) is 3.25. The summed E-state index contributed by atoms with van der Waals surface area (Å²) in [7, 11) is 0. The molecule has 0 aliphatic rings. The summed E-state index contributed by atoms with van der Waals surface area (Å²) in [5.74, 6) is -1.40. The standard InChI is InChI=1S/C15H19F2N3O/c1-2-3-4-7-15(21,9-20-11-18-10-19-20)13-6-5-12(16)8-14(13)17/h5-6,8,10-11,21H,2-4,7,9H2,1H3. The van der Waals surface area contributed by atoms with E-state index in [0.717, 1.165) is 31.4 Å². The Labute approximate surface area is 122 Å². The molecule has 0 saturated heterocycles. The molecule has 1 aromatic carbocycles. The maximum atomic E-state index is 14.0. The molecule has 0 bridgehead atoms. The predicted octanol–water partition coefficient (Wildman–Crippen LogP) is 3.02. The highest BCUT2D eigenvalue weighted by Crippen LogP contribution is 2.31. The Morgan fingerprint density at radius 2 is 2.10 bits per heavy atom. The van der Waals surface area contributed by atoms with Crippen LogP contribution in [0.15, 0.2) is 30.9 Å². The number of hydrogen-bond acceptors (Lipinski definition) is 3. The Kier molecular flexibility index (Phi) is 5.01. The number of rotatable bonds is 7. The van der Waals surface area contributed by atoms with Crippen molar-refractivity contribution in [2.45, 2.75) is 44.8 Å². The number of benzene rings is 1. The normalized spacial score (nSPS) is 14.1. The van der Waals surface area contributed by atoms with Gasteiger partial charge in [0.1, 0.15) is 29.9 Å². The summed E-state index contributed by atoms with van der Waals surface area (Å²) in [6.07, 6.45) is 5.87. The molecule has 6 heteroatoms. The second kappa shape index (κ2) is 6.76. The summed E-state index contributed by atoms with van der Waals surface area (Å²) in [5, 5.41) is 14.9. The number of aliphatic hydroxyl groups is 1. The van der Waals surface area contributed by atoms with Crippen LogP contribution in [0.2, 0.25) is 0 Å². The lowest BCUT2D eigenvalue weighted by Crippen LogP contribution is -2.33. The van der Waals surface area contributed by atoms with Gasteiger partial charge in [-0.15, -0.1) is 0 Å². The zero-order valence-electron chi connectivity index (χ0n) is 12.0. The second-order valence-electron chi connectivity index (χ2n) is 5.21. The number of halogens is 2. The van der Waals surface area contributed by atoms with E-state index in [1.54, 1.807) is 0 Å². The molecule has 0 aliphatic heterocycles. The van der Waals surface area contributed by atoms with Gasteiger partial charge in [0.25, 0.3) is 0 Å². The van der Waals surface area contributed by atoms with E-state index in [4.69, 9.17) is 0 Å². The molecule has 4 nitrogen and oxygen atoms in total. The maximum absolute atomic E-state index is 14.0. The molecule has 21 heavy (non-hydrogen) atoms. The first-order valence-corrected chi connectivity index (χ1v) is 7.05. The summed E-state index contributed by atoms with van der Waals surface area (Å²) >= 11 is 0. The molecule has 0 aliphatic carbocycles. The molecule has 2 rings (SSSR count). The molecular formula is C15H19F2N3O. The first-order chi connectivity index (χ1) is 10.0. The number of aromatic nitrogens is 3. The van der Waals surface area contributed by atoms with E-state index in [1.807, 2.05) is 0 Å². The Hall–Kier alpha value is -1.82. The summed E-state index contributed by atoms with van der Waals surface area (Å²) in [4.78, 5) is 3.82. The molecule has 114 valence electrons. The zero-order valence-corrected chi connectivity index (χ0v) is 12.0. The highest BCUT2D eigenvalue weighted by molar-refractivity contribution is 5.25. The number of unbranched alkanes of at least 4 members (excludes halogenated alkanes) is 2. The minimum Gasteiger partial charge on any atom is -0.383 e. The average molecular weight is 295 g/mol. The average Bonchev–Trinajstić information content (AvgIpc) is 2.91. The summed E-state index contributed by atoms with van der Waals surface area (Å²) < 4.78 is 28.6. The molecule has 0 fully saturated rings. The fraction of sp³-hybridized carbons (Fsp3) is 0.467. The van der Waals surface area contributed by atoms with Gasteiger partial charge in [-0.05, 0) is 12.5 Å². The fourth-order valence-corrected chi connectivity index (χ4v) is 2.42. The second-order valence-corrected chi connectivity index (χ2v) is 5.21. The van der Waals surface area contributed by atoms with Gasteiger partial charge in [-0.1, -0.05) is 32.3 Å². The van der Waals surface area contributed by atoms with Crippen LogP contribution < -0.4 is 0 Å². The minimum atomic E-state index is -1.43. The summed E-state index contributed by atoms with van der Waals surface area (Å²) in [5.41, 5.74) is -1.34. The molecular weight excluding hydrogens is 276 g/mol. The highest BCUT2D eigenvalue weighted by atomic mass is 19.1. The van der Waals surface area contributed by atoms with Crippen molar-refractivity contribution in [2.24, 2.45) is 0 Å². The number of hydrogen-bond donors (Lipinski definition) is 1. The van der Waals surface area contributed by atoms with Crippen molar-refractivity contribution in [1.82, 2.24) is 14.8 Å². The third kappa shape index (κ3) is 3.85. The van der Waals surface area contributed by atoms with Crippen molar-refractivity contribution in [3.63, 3.8) is 0 Å². The maximum Gasteiger partial charge on any atom is 0.137 e. The SMILES string of the molecule is CCCCCC(O)(Cn1cncn1)c1ccc(F)cc1F. The van der Waals surface area contributed by atoms with Gasteiger partial charge in [0.05, 0.1) is 6.54 Å². The van der Waals surface area contributed by atoms with E-state index in [-0.39, 0.29) is 12.1 Å². The first kappa shape index (κ1) is 15.6. The molecule has 2 aromatic rings.